The van der Waals surface area contributed by atoms with Crippen LogP contribution in [0, 0.1) is 11.8 Å². The Bertz CT molecular complexity index is 1890. The summed E-state index contributed by atoms with van der Waals surface area (Å²) in [4.78, 5) is 73.3. The van der Waals surface area contributed by atoms with Gasteiger partial charge in [0.15, 0.2) is 12.1 Å². The van der Waals surface area contributed by atoms with Gasteiger partial charge in [-0.3, -0.25) is 19.2 Å². The Kier molecular flexibility index (Phi) is 11.6. The Labute approximate surface area is 316 Å². The summed E-state index contributed by atoms with van der Waals surface area (Å²) in [5.74, 6) is -1.27. The molecule has 0 aliphatic carbocycles. The molecule has 14 nitrogen and oxygen atoms in total. The summed E-state index contributed by atoms with van der Waals surface area (Å²) >= 11 is 2.52. The van der Waals surface area contributed by atoms with Crippen molar-refractivity contribution in [1.82, 2.24) is 31.2 Å². The highest BCUT2D eigenvalue weighted by Gasteiger charge is 2.41. The van der Waals surface area contributed by atoms with Gasteiger partial charge in [-0.2, -0.15) is 0 Å². The lowest BCUT2D eigenvalue weighted by molar-refractivity contribution is -0.125. The van der Waals surface area contributed by atoms with Crippen LogP contribution in [0.2, 0.25) is 0 Å². The Morgan fingerprint density at radius 1 is 0.717 bits per heavy atom. The molecule has 0 unspecified atom stereocenters. The van der Waals surface area contributed by atoms with Crippen molar-refractivity contribution in [2.75, 3.05) is 0 Å². The highest BCUT2D eigenvalue weighted by molar-refractivity contribution is 7.10. The maximum absolute atomic E-state index is 14.0. The molecular formula is C37H46N8O6S2. The average Bonchev–Trinajstić information content (AvgIpc) is 3.95. The largest absolute Gasteiger partial charge is 0.474 e. The molecule has 0 fully saturated rings. The van der Waals surface area contributed by atoms with E-state index in [4.69, 9.17) is 19.5 Å². The summed E-state index contributed by atoms with van der Waals surface area (Å²) in [5.41, 5.74) is 1.34. The highest BCUT2D eigenvalue weighted by atomic mass is 32.1. The zero-order valence-electron chi connectivity index (χ0n) is 30.8. The number of hydrogen-bond acceptors (Lipinski definition) is 12. The number of nitrogens with one attached hydrogen (secondary N) is 4. The Hall–Kier alpha value is -4.70. The lowest BCUT2D eigenvalue weighted by Gasteiger charge is -2.24. The first-order valence-corrected chi connectivity index (χ1v) is 19.7. The Morgan fingerprint density at radius 2 is 1.25 bits per heavy atom. The quantitative estimate of drug-likeness (QED) is 0.299. The molecule has 4 amide bonds. The molecule has 3 aliphatic heterocycles. The van der Waals surface area contributed by atoms with Crippen LogP contribution < -0.4 is 21.3 Å². The number of nitrogens with zero attached hydrogens (tertiary/aromatic N) is 4. The van der Waals surface area contributed by atoms with Crippen LogP contribution >= 0.6 is 22.7 Å². The molecule has 1 aromatic carbocycles. The van der Waals surface area contributed by atoms with Crippen LogP contribution in [-0.2, 0) is 25.5 Å². The SMILES string of the molecule is CC[C@H](C)[C@@H]1NC(=O)c2csc(n2)[C@H](C)NC(=O)[C@H]2N=C(O[C@@H]2C)[C@H](C(C)C)NC(=O)c2csc(n2)[C@H](Cc2ccccc2)NC(=O)[C@H]2N=C1O[C@@H]2C. The molecule has 3 aliphatic rings. The van der Waals surface area contributed by atoms with Crippen molar-refractivity contribution in [1.29, 1.82) is 0 Å². The number of aromatic nitrogens is 2. The predicted molar refractivity (Wildman–Crippen MR) is 202 cm³/mol. The zero-order chi connectivity index (χ0) is 38.0. The van der Waals surface area contributed by atoms with Crippen LogP contribution in [-0.4, -0.2) is 81.8 Å². The molecule has 282 valence electrons. The van der Waals surface area contributed by atoms with Crippen molar-refractivity contribution in [2.45, 2.75) is 110 Å². The number of hydrogen-bond donors (Lipinski definition) is 4. The average molecular weight is 763 g/mol. The van der Waals surface area contributed by atoms with Crippen molar-refractivity contribution in [3.63, 3.8) is 0 Å². The molecule has 0 saturated heterocycles. The molecule has 4 N–H and O–H groups in total. The van der Waals surface area contributed by atoms with Crippen LogP contribution in [0.1, 0.15) is 104 Å². The van der Waals surface area contributed by atoms with Gasteiger partial charge < -0.3 is 30.7 Å². The van der Waals surface area contributed by atoms with E-state index in [0.717, 1.165) is 5.56 Å². The standard InChI is InChI=1S/C37H46N8O6S2/c1-8-18(4)27-35-45-29(21(7)51-35)33(49)39-23(14-22-12-10-9-11-13-22)37-41-25(16-53-37)30(46)42-26(17(2)3)34-44-28(20(6)50-34)32(48)38-19(5)36-40-24(15-52-36)31(47)43-27/h9-13,15-21,23,26-29H,8,14H2,1-7H3,(H,38,48)(H,39,49)(H,42,46)(H,43,47)/t18-,19-,20+,21+,23-,26-,27-,28-,29-/m0/s1. The van der Waals surface area contributed by atoms with E-state index in [0.29, 0.717) is 22.9 Å². The molecule has 6 rings (SSSR count). The monoisotopic (exact) mass is 762 g/mol. The van der Waals surface area contributed by atoms with Gasteiger partial charge in [-0.25, -0.2) is 20.0 Å². The highest BCUT2D eigenvalue weighted by Crippen LogP contribution is 2.27. The molecule has 0 radical (unpaired) electrons. The van der Waals surface area contributed by atoms with Gasteiger partial charge in [0, 0.05) is 10.8 Å². The first-order valence-electron chi connectivity index (χ1n) is 18.0. The Balaban J connectivity index is 1.37. The predicted octanol–water partition coefficient (Wildman–Crippen LogP) is 4.16. The molecule has 9 atom stereocenters. The number of rotatable bonds is 5. The van der Waals surface area contributed by atoms with Crippen LogP contribution in [0.4, 0.5) is 0 Å². The summed E-state index contributed by atoms with van der Waals surface area (Å²) in [5, 5.41) is 16.5. The van der Waals surface area contributed by atoms with Gasteiger partial charge in [-0.05, 0) is 44.6 Å². The number of amides is 4. The maximum atomic E-state index is 14.0. The number of benzene rings is 1. The molecular weight excluding hydrogens is 717 g/mol. The summed E-state index contributed by atoms with van der Waals surface area (Å²) in [7, 11) is 0. The maximum Gasteiger partial charge on any atom is 0.271 e. The number of thiazole rings is 2. The minimum Gasteiger partial charge on any atom is -0.474 e. The van der Waals surface area contributed by atoms with Crippen molar-refractivity contribution in [3.8, 4) is 0 Å². The number of aliphatic imine (C=N–C) groups is 2. The summed E-state index contributed by atoms with van der Waals surface area (Å²) < 4.78 is 12.2. The molecule has 3 aromatic rings. The normalized spacial score (nSPS) is 28.7. The fraction of sp³-hybridized carbons (Fsp3) is 0.514. The lowest BCUT2D eigenvalue weighted by Crippen LogP contribution is -2.45. The third kappa shape index (κ3) is 8.43. The van der Waals surface area contributed by atoms with Crippen molar-refractivity contribution in [2.24, 2.45) is 21.8 Å². The lowest BCUT2D eigenvalue weighted by atomic mass is 9.98. The van der Waals surface area contributed by atoms with Gasteiger partial charge in [0.2, 0.25) is 23.6 Å². The first kappa shape index (κ1) is 38.0. The fourth-order valence-corrected chi connectivity index (χ4v) is 8.00. The number of ether oxygens (including phenoxy) is 2. The topological polar surface area (TPSA) is 185 Å². The minimum absolute atomic E-state index is 0.0799. The minimum atomic E-state index is -0.888. The molecule has 5 heterocycles. The summed E-state index contributed by atoms with van der Waals surface area (Å²) in [6.07, 6.45) is -0.0741. The second-order valence-corrected chi connectivity index (χ2v) is 15.9. The molecule has 0 spiro atoms. The van der Waals surface area contributed by atoms with E-state index < -0.39 is 60.3 Å². The van der Waals surface area contributed by atoms with Gasteiger partial charge in [-0.15, -0.1) is 22.7 Å². The van der Waals surface area contributed by atoms with Crippen molar-refractivity contribution in [3.05, 3.63) is 68.1 Å². The van der Waals surface area contributed by atoms with E-state index in [1.165, 1.54) is 22.7 Å². The molecule has 16 heteroatoms. The second-order valence-electron chi connectivity index (χ2n) is 14.1. The smallest absolute Gasteiger partial charge is 0.271 e. The van der Waals surface area contributed by atoms with Crippen molar-refractivity contribution < 1.29 is 28.7 Å². The van der Waals surface area contributed by atoms with Crippen LogP contribution in [0.5, 0.6) is 0 Å². The van der Waals surface area contributed by atoms with Crippen LogP contribution in [0.15, 0.2) is 51.1 Å². The number of fused-ring (bicyclic) bond motifs is 6. The van der Waals surface area contributed by atoms with E-state index in [2.05, 4.69) is 31.2 Å². The van der Waals surface area contributed by atoms with E-state index in [1.807, 2.05) is 58.0 Å². The van der Waals surface area contributed by atoms with Crippen molar-refractivity contribution >= 4 is 58.1 Å². The first-order chi connectivity index (χ1) is 25.3. The van der Waals surface area contributed by atoms with Gasteiger partial charge in [0.1, 0.15) is 45.7 Å². The number of carbonyl (C=O) groups excluding carboxylic acids is 4. The van der Waals surface area contributed by atoms with Gasteiger partial charge in [0.05, 0.1) is 12.1 Å². The second kappa shape index (κ2) is 16.1. The van der Waals surface area contributed by atoms with Gasteiger partial charge in [-0.1, -0.05) is 64.4 Å². The molecule has 0 saturated carbocycles. The number of carbonyl (C=O) groups is 4. The Morgan fingerprint density at radius 3 is 1.83 bits per heavy atom. The van der Waals surface area contributed by atoms with Crippen LogP contribution in [0.3, 0.4) is 0 Å². The third-order valence-corrected chi connectivity index (χ3v) is 11.7. The third-order valence-electron chi connectivity index (χ3n) is 9.69. The summed E-state index contributed by atoms with van der Waals surface area (Å²) in [6.45, 7) is 13.1. The van der Waals surface area contributed by atoms with Gasteiger partial charge >= 0.3 is 0 Å². The van der Waals surface area contributed by atoms with E-state index in [1.54, 1.807) is 31.5 Å². The zero-order valence-corrected chi connectivity index (χ0v) is 32.4. The van der Waals surface area contributed by atoms with E-state index in [9.17, 15) is 19.2 Å². The molecule has 2 aromatic heterocycles. The van der Waals surface area contributed by atoms with Crippen LogP contribution in [0.25, 0.3) is 0 Å². The summed E-state index contributed by atoms with van der Waals surface area (Å²) in [6, 6.07) is 5.59. The molecule has 8 bridgehead atoms. The molecule has 53 heavy (non-hydrogen) atoms. The van der Waals surface area contributed by atoms with E-state index >= 15 is 0 Å². The van der Waals surface area contributed by atoms with Gasteiger partial charge in [0.25, 0.3) is 11.8 Å². The van der Waals surface area contributed by atoms with E-state index in [-0.39, 0.29) is 46.8 Å². The fourth-order valence-electron chi connectivity index (χ4n) is 6.34.